The molecule has 1 aliphatic heterocycles. The first-order chi connectivity index (χ1) is 14.5. The molecule has 1 aromatic carbocycles. The number of carbonyl (C=O) groups is 2. The Labute approximate surface area is 188 Å². The van der Waals surface area contributed by atoms with E-state index < -0.39 is 11.9 Å². The Morgan fingerprint density at radius 2 is 1.73 bits per heavy atom. The Balaban J connectivity index is 0.000000469. The van der Waals surface area contributed by atoms with Gasteiger partial charge in [-0.3, -0.25) is 0 Å². The molecule has 7 nitrogen and oxygen atoms in total. The number of thioether (sulfide) groups is 2. The lowest BCUT2D eigenvalue weighted by atomic mass is 10.1. The summed E-state index contributed by atoms with van der Waals surface area (Å²) in [5, 5.41) is 15.9. The SMILES string of the molecule is CN1CCC=C(c2nsnc2SCCCCSc2ccccc2)C1.O=C(O)C(=O)O. The van der Waals surface area contributed by atoms with E-state index in [9.17, 15) is 0 Å². The minimum atomic E-state index is -1.82. The highest BCUT2D eigenvalue weighted by Gasteiger charge is 2.17. The Hall–Kier alpha value is -1.88. The highest BCUT2D eigenvalue weighted by molar-refractivity contribution is 7.99. The Morgan fingerprint density at radius 3 is 2.37 bits per heavy atom. The van der Waals surface area contributed by atoms with Crippen molar-refractivity contribution in [2.24, 2.45) is 0 Å². The fourth-order valence-electron chi connectivity index (χ4n) is 2.62. The maximum atomic E-state index is 9.10. The zero-order chi connectivity index (χ0) is 21.8. The number of benzene rings is 1. The van der Waals surface area contributed by atoms with Crippen molar-refractivity contribution in [1.82, 2.24) is 13.6 Å². The molecule has 2 aromatic rings. The number of rotatable bonds is 8. The van der Waals surface area contributed by atoms with E-state index in [2.05, 4.69) is 57.1 Å². The van der Waals surface area contributed by atoms with E-state index in [-0.39, 0.29) is 0 Å². The fourth-order valence-corrected chi connectivity index (χ4v) is 5.26. The van der Waals surface area contributed by atoms with Gasteiger partial charge < -0.3 is 15.1 Å². The molecule has 1 aromatic heterocycles. The van der Waals surface area contributed by atoms with Crippen LogP contribution in [0.2, 0.25) is 0 Å². The van der Waals surface area contributed by atoms with Gasteiger partial charge in [0.05, 0.1) is 11.7 Å². The average molecular weight is 468 g/mol. The van der Waals surface area contributed by atoms with Gasteiger partial charge in [0, 0.05) is 18.0 Å². The van der Waals surface area contributed by atoms with Crippen LogP contribution in [0.15, 0.2) is 46.3 Å². The maximum Gasteiger partial charge on any atom is 0.414 e. The van der Waals surface area contributed by atoms with Gasteiger partial charge in [-0.05, 0) is 55.5 Å². The molecule has 0 unspecified atom stereocenters. The molecule has 0 radical (unpaired) electrons. The van der Waals surface area contributed by atoms with E-state index in [1.54, 1.807) is 0 Å². The molecule has 0 saturated carbocycles. The van der Waals surface area contributed by atoms with Gasteiger partial charge in [-0.2, -0.15) is 8.75 Å². The van der Waals surface area contributed by atoms with Gasteiger partial charge in [-0.25, -0.2) is 9.59 Å². The summed E-state index contributed by atoms with van der Waals surface area (Å²) in [6.45, 7) is 2.13. The Bertz CT molecular complexity index is 831. The number of aliphatic carboxylic acids is 2. The molecule has 0 saturated heterocycles. The molecule has 0 amide bonds. The van der Waals surface area contributed by atoms with Crippen molar-refractivity contribution in [1.29, 1.82) is 0 Å². The number of carboxylic acids is 2. The van der Waals surface area contributed by atoms with Gasteiger partial charge in [-0.15, -0.1) is 23.5 Å². The van der Waals surface area contributed by atoms with Gasteiger partial charge in [0.1, 0.15) is 10.7 Å². The van der Waals surface area contributed by atoms with Crippen LogP contribution in [-0.4, -0.2) is 67.4 Å². The maximum absolute atomic E-state index is 9.10. The summed E-state index contributed by atoms with van der Waals surface area (Å²) in [5.74, 6) is -1.34. The monoisotopic (exact) mass is 467 g/mol. The minimum Gasteiger partial charge on any atom is -0.473 e. The molecule has 0 fully saturated rings. The van der Waals surface area contributed by atoms with Crippen molar-refractivity contribution in [2.75, 3.05) is 31.6 Å². The summed E-state index contributed by atoms with van der Waals surface area (Å²) in [7, 11) is 2.17. The molecule has 2 N–H and O–H groups in total. The van der Waals surface area contributed by atoms with E-state index in [0.717, 1.165) is 36.0 Å². The zero-order valence-corrected chi connectivity index (χ0v) is 19.1. The highest BCUT2D eigenvalue weighted by Crippen LogP contribution is 2.29. The number of nitrogens with zero attached hydrogens (tertiary/aromatic N) is 3. The third kappa shape index (κ3) is 8.86. The van der Waals surface area contributed by atoms with Crippen LogP contribution >= 0.6 is 35.3 Å². The van der Waals surface area contributed by atoms with Gasteiger partial charge in [0.25, 0.3) is 0 Å². The first-order valence-electron chi connectivity index (χ1n) is 9.44. The largest absolute Gasteiger partial charge is 0.473 e. The summed E-state index contributed by atoms with van der Waals surface area (Å²) in [4.78, 5) is 21.9. The van der Waals surface area contributed by atoms with Crippen LogP contribution in [0.1, 0.15) is 25.0 Å². The minimum absolute atomic E-state index is 0.993. The van der Waals surface area contributed by atoms with Crippen LogP contribution < -0.4 is 0 Å². The third-order valence-corrected chi connectivity index (χ3v) is 6.87. The molecular weight excluding hydrogens is 442 g/mol. The van der Waals surface area contributed by atoms with E-state index in [1.807, 2.05) is 23.5 Å². The molecule has 0 bridgehead atoms. The summed E-state index contributed by atoms with van der Waals surface area (Å²) in [6, 6.07) is 10.6. The molecule has 0 aliphatic carbocycles. The number of hydrogen-bond donors (Lipinski definition) is 2. The van der Waals surface area contributed by atoms with Crippen molar-refractivity contribution in [2.45, 2.75) is 29.2 Å². The van der Waals surface area contributed by atoms with Crippen molar-refractivity contribution < 1.29 is 19.8 Å². The second kappa shape index (κ2) is 13.4. The van der Waals surface area contributed by atoms with Gasteiger partial charge in [-0.1, -0.05) is 24.3 Å². The lowest BCUT2D eigenvalue weighted by Crippen LogP contribution is -2.25. The topological polar surface area (TPSA) is 104 Å². The molecule has 10 heteroatoms. The van der Waals surface area contributed by atoms with Crippen LogP contribution in [0.25, 0.3) is 5.57 Å². The molecule has 2 heterocycles. The number of unbranched alkanes of at least 4 members (excludes halogenated alkanes) is 1. The van der Waals surface area contributed by atoms with Crippen molar-refractivity contribution >= 4 is 52.8 Å². The normalized spacial score (nSPS) is 13.8. The summed E-state index contributed by atoms with van der Waals surface area (Å²) >= 11 is 5.15. The highest BCUT2D eigenvalue weighted by atomic mass is 32.2. The average Bonchev–Trinajstić information content (AvgIpc) is 3.20. The predicted molar refractivity (Wildman–Crippen MR) is 122 cm³/mol. The number of likely N-dealkylation sites (N-methyl/N-ethyl adjacent to an activating group) is 1. The van der Waals surface area contributed by atoms with Crippen LogP contribution in [-0.2, 0) is 9.59 Å². The predicted octanol–water partition coefficient (Wildman–Crippen LogP) is 4.08. The molecule has 0 spiro atoms. The van der Waals surface area contributed by atoms with E-state index in [1.165, 1.54) is 40.8 Å². The molecule has 30 heavy (non-hydrogen) atoms. The van der Waals surface area contributed by atoms with Crippen LogP contribution in [0.3, 0.4) is 0 Å². The molecule has 162 valence electrons. The van der Waals surface area contributed by atoms with E-state index in [0.29, 0.717) is 0 Å². The van der Waals surface area contributed by atoms with Crippen molar-refractivity contribution in [3.05, 3.63) is 42.1 Å². The third-order valence-electron chi connectivity index (χ3n) is 4.08. The molecule has 1 aliphatic rings. The lowest BCUT2D eigenvalue weighted by molar-refractivity contribution is -0.159. The summed E-state index contributed by atoms with van der Waals surface area (Å²) < 4.78 is 9.05. The van der Waals surface area contributed by atoms with Gasteiger partial charge in [0.2, 0.25) is 0 Å². The molecule has 3 rings (SSSR count). The van der Waals surface area contributed by atoms with Crippen LogP contribution in [0.4, 0.5) is 0 Å². The fraction of sp³-hybridized carbons (Fsp3) is 0.400. The van der Waals surface area contributed by atoms with E-state index >= 15 is 0 Å². The van der Waals surface area contributed by atoms with Gasteiger partial charge in [0.15, 0.2) is 0 Å². The molecule has 0 atom stereocenters. The molecular formula is C20H25N3O4S3. The van der Waals surface area contributed by atoms with Crippen LogP contribution in [0, 0.1) is 0 Å². The van der Waals surface area contributed by atoms with E-state index in [4.69, 9.17) is 19.8 Å². The standard InChI is InChI=1S/C18H23N3S3.C2H2O4/c1-21-11-7-8-15(14-21)17-18(20-24-19-17)23-13-6-5-12-22-16-9-3-2-4-10-16;3-1(4)2(5)6/h2-4,8-10H,5-7,11-14H2,1H3;(H,3,4)(H,5,6). The second-order valence-corrected chi connectivity index (χ2v) is 9.28. The lowest BCUT2D eigenvalue weighted by Gasteiger charge is -2.22. The summed E-state index contributed by atoms with van der Waals surface area (Å²) in [6.07, 6.45) is 5.91. The quantitative estimate of drug-likeness (QED) is 0.338. The Kier molecular flexibility index (Phi) is 10.9. The number of aromatic nitrogens is 2. The number of hydrogen-bond acceptors (Lipinski definition) is 8. The summed E-state index contributed by atoms with van der Waals surface area (Å²) in [5.41, 5.74) is 2.47. The van der Waals surface area contributed by atoms with Crippen molar-refractivity contribution in [3.8, 4) is 0 Å². The van der Waals surface area contributed by atoms with Crippen LogP contribution in [0.5, 0.6) is 0 Å². The first kappa shape index (κ1) is 24.4. The van der Waals surface area contributed by atoms with Crippen molar-refractivity contribution in [3.63, 3.8) is 0 Å². The second-order valence-electron chi connectivity index (χ2n) is 6.50. The smallest absolute Gasteiger partial charge is 0.414 e. The number of carboxylic acid groups (broad SMARTS) is 2. The Morgan fingerprint density at radius 1 is 1.07 bits per heavy atom. The first-order valence-corrected chi connectivity index (χ1v) is 12.1. The zero-order valence-electron chi connectivity index (χ0n) is 16.7. The van der Waals surface area contributed by atoms with Gasteiger partial charge >= 0.3 is 11.9 Å².